The molecule has 0 bridgehead atoms. The Bertz CT molecular complexity index is 1040. The van der Waals surface area contributed by atoms with E-state index in [4.69, 9.17) is 4.98 Å². The second kappa shape index (κ2) is 8.22. The molecule has 30 heavy (non-hydrogen) atoms. The van der Waals surface area contributed by atoms with Crippen molar-refractivity contribution >= 4 is 27.5 Å². The lowest BCUT2D eigenvalue weighted by atomic mass is 9.82. The molecule has 0 fully saturated rings. The molecule has 1 aliphatic rings. The van der Waals surface area contributed by atoms with Gasteiger partial charge in [-0.1, -0.05) is 36.4 Å². The normalized spacial score (nSPS) is 19.2. The number of para-hydroxylation sites is 1. The van der Waals surface area contributed by atoms with E-state index in [1.54, 1.807) is 23.3 Å². The Hall–Kier alpha value is -2.67. The number of carbonyl (C=O) groups excluding carboxylic acids is 1. The number of rotatable bonds is 4. The van der Waals surface area contributed by atoms with Crippen LogP contribution < -0.4 is 0 Å². The van der Waals surface area contributed by atoms with Crippen molar-refractivity contribution in [3.63, 3.8) is 0 Å². The second-order valence-electron chi connectivity index (χ2n) is 7.56. The lowest BCUT2D eigenvalue weighted by molar-refractivity contribution is -0.138. The average Bonchev–Trinajstić information content (AvgIpc) is 3.17. The molecular formula is C23H21F3N2OS. The molecule has 156 valence electrons. The summed E-state index contributed by atoms with van der Waals surface area (Å²) in [5, 5.41) is 0.960. The van der Waals surface area contributed by atoms with Gasteiger partial charge < -0.3 is 4.90 Å². The van der Waals surface area contributed by atoms with Crippen LogP contribution in [-0.4, -0.2) is 22.8 Å². The molecule has 1 heterocycles. The summed E-state index contributed by atoms with van der Waals surface area (Å²) in [5.41, 5.74) is 0.923. The van der Waals surface area contributed by atoms with Gasteiger partial charge in [-0.05, 0) is 42.7 Å². The summed E-state index contributed by atoms with van der Waals surface area (Å²) in [6, 6.07) is 12.9. The van der Waals surface area contributed by atoms with E-state index in [-0.39, 0.29) is 24.3 Å². The van der Waals surface area contributed by atoms with Gasteiger partial charge in [0.2, 0.25) is 5.91 Å². The van der Waals surface area contributed by atoms with E-state index >= 15 is 0 Å². The Morgan fingerprint density at radius 1 is 1.10 bits per heavy atom. The number of alkyl halides is 3. The fraction of sp³-hybridized carbons (Fsp3) is 0.304. The highest BCUT2D eigenvalue weighted by Crippen LogP contribution is 2.39. The molecule has 4 rings (SSSR count). The number of carbonyl (C=O) groups is 1. The number of fused-ring (bicyclic) bond motifs is 1. The number of benzene rings is 2. The van der Waals surface area contributed by atoms with E-state index in [1.807, 2.05) is 30.3 Å². The fourth-order valence-corrected chi connectivity index (χ4v) is 4.99. The maximum atomic E-state index is 13.2. The van der Waals surface area contributed by atoms with E-state index in [2.05, 4.69) is 6.08 Å². The number of nitrogens with zero attached hydrogens (tertiary/aromatic N) is 2. The first-order valence-electron chi connectivity index (χ1n) is 9.74. The van der Waals surface area contributed by atoms with Crippen LogP contribution in [0.2, 0.25) is 0 Å². The average molecular weight is 430 g/mol. The van der Waals surface area contributed by atoms with Gasteiger partial charge in [0.1, 0.15) is 0 Å². The van der Waals surface area contributed by atoms with Gasteiger partial charge in [-0.25, -0.2) is 4.98 Å². The zero-order valence-electron chi connectivity index (χ0n) is 16.4. The predicted octanol–water partition coefficient (Wildman–Crippen LogP) is 6.02. The van der Waals surface area contributed by atoms with E-state index in [1.165, 1.54) is 12.1 Å². The quantitative estimate of drug-likeness (QED) is 0.474. The Balaban J connectivity index is 1.51. The minimum absolute atomic E-state index is 0.00922. The van der Waals surface area contributed by atoms with Crippen LogP contribution in [0.4, 0.5) is 13.2 Å². The molecule has 0 spiro atoms. The minimum Gasteiger partial charge on any atom is -0.341 e. The monoisotopic (exact) mass is 430 g/mol. The van der Waals surface area contributed by atoms with Gasteiger partial charge in [0.15, 0.2) is 0 Å². The van der Waals surface area contributed by atoms with Crippen molar-refractivity contribution in [1.82, 2.24) is 9.88 Å². The first kappa shape index (κ1) is 20.6. The second-order valence-corrected chi connectivity index (χ2v) is 8.63. The number of aromatic nitrogens is 1. The van der Waals surface area contributed by atoms with Crippen molar-refractivity contribution in [2.75, 3.05) is 7.05 Å². The van der Waals surface area contributed by atoms with Gasteiger partial charge in [0.25, 0.3) is 0 Å². The van der Waals surface area contributed by atoms with Gasteiger partial charge in [-0.2, -0.15) is 13.2 Å². The molecule has 3 aromatic rings. The van der Waals surface area contributed by atoms with Crippen molar-refractivity contribution < 1.29 is 18.0 Å². The topological polar surface area (TPSA) is 33.2 Å². The molecule has 2 aromatic carbocycles. The maximum Gasteiger partial charge on any atom is 0.416 e. The van der Waals surface area contributed by atoms with Crippen molar-refractivity contribution in [2.24, 2.45) is 5.92 Å². The van der Waals surface area contributed by atoms with Crippen LogP contribution >= 0.6 is 11.3 Å². The predicted molar refractivity (Wildman–Crippen MR) is 112 cm³/mol. The minimum atomic E-state index is -4.36. The van der Waals surface area contributed by atoms with Crippen molar-refractivity contribution in [1.29, 1.82) is 0 Å². The standard InChI is InChI=1S/C23H21F3N2OS/c1-28(14-15-10-12-16(13-11-15)23(24,25)26)22(29)18-7-3-2-6-17(18)21-27-19-8-4-5-9-20(19)30-21/h2-5,8-13,17-18H,6-7,14H2,1H3. The van der Waals surface area contributed by atoms with Crippen molar-refractivity contribution in [3.05, 3.63) is 76.8 Å². The highest BCUT2D eigenvalue weighted by Gasteiger charge is 2.34. The molecule has 1 aromatic heterocycles. The summed E-state index contributed by atoms with van der Waals surface area (Å²) < 4.78 is 39.4. The van der Waals surface area contributed by atoms with Crippen LogP contribution in [0.1, 0.15) is 34.9 Å². The van der Waals surface area contributed by atoms with E-state index in [9.17, 15) is 18.0 Å². The van der Waals surface area contributed by atoms with Crippen LogP contribution in [-0.2, 0) is 17.5 Å². The van der Waals surface area contributed by atoms with E-state index in [0.717, 1.165) is 33.8 Å². The molecule has 3 nitrogen and oxygen atoms in total. The van der Waals surface area contributed by atoms with Crippen LogP contribution in [0.25, 0.3) is 10.2 Å². The molecule has 0 aliphatic heterocycles. The van der Waals surface area contributed by atoms with Crippen LogP contribution in [0, 0.1) is 5.92 Å². The third-order valence-electron chi connectivity index (χ3n) is 5.45. The summed E-state index contributed by atoms with van der Waals surface area (Å²) in [6.07, 6.45) is 1.15. The number of hydrogen-bond acceptors (Lipinski definition) is 3. The number of amides is 1. The van der Waals surface area contributed by atoms with Gasteiger partial charge in [-0.15, -0.1) is 11.3 Å². The fourth-order valence-electron chi connectivity index (χ4n) is 3.84. The van der Waals surface area contributed by atoms with Crippen LogP contribution in [0.3, 0.4) is 0 Å². The molecule has 0 saturated carbocycles. The van der Waals surface area contributed by atoms with Crippen molar-refractivity contribution in [2.45, 2.75) is 31.5 Å². The summed E-state index contributed by atoms with van der Waals surface area (Å²) in [6.45, 7) is 0.268. The smallest absolute Gasteiger partial charge is 0.341 e. The summed E-state index contributed by atoms with van der Waals surface area (Å²) in [4.78, 5) is 19.6. The molecule has 2 atom stereocenters. The lowest BCUT2D eigenvalue weighted by Crippen LogP contribution is -2.36. The first-order valence-corrected chi connectivity index (χ1v) is 10.6. The van der Waals surface area contributed by atoms with E-state index < -0.39 is 11.7 Å². The first-order chi connectivity index (χ1) is 14.3. The summed E-state index contributed by atoms with van der Waals surface area (Å²) >= 11 is 1.62. The van der Waals surface area contributed by atoms with E-state index in [0.29, 0.717) is 12.0 Å². The highest BCUT2D eigenvalue weighted by molar-refractivity contribution is 7.18. The largest absolute Gasteiger partial charge is 0.416 e. The number of thiazole rings is 1. The molecule has 2 unspecified atom stereocenters. The van der Waals surface area contributed by atoms with Gasteiger partial charge >= 0.3 is 6.18 Å². The zero-order chi connectivity index (χ0) is 21.3. The highest BCUT2D eigenvalue weighted by atomic mass is 32.1. The Morgan fingerprint density at radius 2 is 1.80 bits per heavy atom. The number of hydrogen-bond donors (Lipinski definition) is 0. The van der Waals surface area contributed by atoms with Gasteiger partial charge in [0.05, 0.1) is 26.7 Å². The molecule has 0 radical (unpaired) electrons. The third-order valence-corrected chi connectivity index (χ3v) is 6.62. The SMILES string of the molecule is CN(Cc1ccc(C(F)(F)F)cc1)C(=O)C1CC=CCC1c1nc2ccccc2s1. The maximum absolute atomic E-state index is 13.2. The van der Waals surface area contributed by atoms with Crippen LogP contribution in [0.15, 0.2) is 60.7 Å². The van der Waals surface area contributed by atoms with Gasteiger partial charge in [-0.3, -0.25) is 4.79 Å². The zero-order valence-corrected chi connectivity index (χ0v) is 17.2. The molecule has 0 saturated heterocycles. The Kier molecular flexibility index (Phi) is 5.64. The number of allylic oxidation sites excluding steroid dienone is 2. The Morgan fingerprint density at radius 3 is 2.50 bits per heavy atom. The molecule has 1 aliphatic carbocycles. The number of halogens is 3. The molecule has 7 heteroatoms. The summed E-state index contributed by atoms with van der Waals surface area (Å²) in [5.74, 6) is -0.228. The van der Waals surface area contributed by atoms with Crippen molar-refractivity contribution in [3.8, 4) is 0 Å². The Labute approximate surface area is 176 Å². The third kappa shape index (κ3) is 4.26. The van der Waals surface area contributed by atoms with Crippen LogP contribution in [0.5, 0.6) is 0 Å². The summed E-state index contributed by atoms with van der Waals surface area (Å²) in [7, 11) is 1.70. The van der Waals surface area contributed by atoms with Gasteiger partial charge in [0, 0.05) is 19.5 Å². The molecule has 0 N–H and O–H groups in total. The molecule has 1 amide bonds. The molecular weight excluding hydrogens is 409 g/mol. The lowest BCUT2D eigenvalue weighted by Gasteiger charge is -2.30.